The van der Waals surface area contributed by atoms with Gasteiger partial charge in [0, 0.05) is 19.6 Å². The summed E-state index contributed by atoms with van der Waals surface area (Å²) in [5.74, 6) is 0.160. The van der Waals surface area contributed by atoms with E-state index in [-0.39, 0.29) is 24.4 Å². The molecule has 4 aromatic carbocycles. The van der Waals surface area contributed by atoms with Crippen molar-refractivity contribution in [1.82, 2.24) is 10.2 Å². The number of nitrogens with one attached hydrogen (secondary N) is 1. The molecule has 1 aliphatic heterocycles. The molecular formula is C31H29FN2O2. The molecule has 0 saturated heterocycles. The van der Waals surface area contributed by atoms with Crippen LogP contribution in [-0.4, -0.2) is 24.0 Å². The Hall–Kier alpha value is -3.96. The van der Waals surface area contributed by atoms with E-state index in [1.54, 1.807) is 12.1 Å². The van der Waals surface area contributed by atoms with Gasteiger partial charge in [0.1, 0.15) is 11.6 Å². The first kappa shape index (κ1) is 23.8. The van der Waals surface area contributed by atoms with E-state index in [0.29, 0.717) is 12.3 Å². The summed E-state index contributed by atoms with van der Waals surface area (Å²) in [6.45, 7) is 2.07. The molecule has 1 heterocycles. The Labute approximate surface area is 211 Å². The van der Waals surface area contributed by atoms with Gasteiger partial charge >= 0.3 is 0 Å². The van der Waals surface area contributed by atoms with E-state index in [1.165, 1.54) is 34.4 Å². The van der Waals surface area contributed by atoms with E-state index in [0.717, 1.165) is 25.1 Å². The van der Waals surface area contributed by atoms with Gasteiger partial charge in [-0.3, -0.25) is 9.69 Å². The summed E-state index contributed by atoms with van der Waals surface area (Å²) in [6.07, 6.45) is 0.962. The van der Waals surface area contributed by atoms with Crippen molar-refractivity contribution in [3.8, 4) is 5.75 Å². The maximum absolute atomic E-state index is 13.1. The molecule has 0 aliphatic carbocycles. The molecule has 0 fully saturated rings. The van der Waals surface area contributed by atoms with Gasteiger partial charge in [-0.25, -0.2) is 4.39 Å². The summed E-state index contributed by atoms with van der Waals surface area (Å²) in [4.78, 5) is 14.9. The van der Waals surface area contributed by atoms with Crippen LogP contribution < -0.4 is 10.1 Å². The van der Waals surface area contributed by atoms with Gasteiger partial charge in [0.05, 0.1) is 6.04 Å². The van der Waals surface area contributed by atoms with Crippen LogP contribution in [-0.2, 0) is 24.3 Å². The summed E-state index contributed by atoms with van der Waals surface area (Å²) in [6, 6.07) is 33.4. The van der Waals surface area contributed by atoms with Crippen molar-refractivity contribution in [2.45, 2.75) is 25.6 Å². The number of nitrogens with zero attached hydrogens (tertiary/aromatic N) is 1. The van der Waals surface area contributed by atoms with Crippen molar-refractivity contribution in [2.75, 3.05) is 13.2 Å². The van der Waals surface area contributed by atoms with Crippen LogP contribution in [0.5, 0.6) is 5.75 Å². The van der Waals surface area contributed by atoms with Crippen LogP contribution in [0.15, 0.2) is 103 Å². The third-order valence-corrected chi connectivity index (χ3v) is 6.56. The maximum Gasteiger partial charge on any atom is 0.258 e. The van der Waals surface area contributed by atoms with Crippen molar-refractivity contribution in [3.63, 3.8) is 0 Å². The summed E-state index contributed by atoms with van der Waals surface area (Å²) >= 11 is 0. The van der Waals surface area contributed by atoms with E-state index >= 15 is 0 Å². The number of fused-ring (bicyclic) bond motifs is 1. The predicted octanol–water partition coefficient (Wildman–Crippen LogP) is 5.67. The molecule has 36 heavy (non-hydrogen) atoms. The first-order chi connectivity index (χ1) is 17.7. The molecule has 0 bridgehead atoms. The number of carbonyl (C=O) groups is 1. The quantitative estimate of drug-likeness (QED) is 0.353. The minimum Gasteiger partial charge on any atom is -0.484 e. The van der Waals surface area contributed by atoms with Crippen LogP contribution in [0.25, 0.3) is 0 Å². The average molecular weight is 481 g/mol. The minimum absolute atomic E-state index is 0.0796. The van der Waals surface area contributed by atoms with E-state index < -0.39 is 0 Å². The zero-order chi connectivity index (χ0) is 24.7. The van der Waals surface area contributed by atoms with Crippen LogP contribution in [0, 0.1) is 5.82 Å². The number of benzene rings is 4. The topological polar surface area (TPSA) is 41.6 Å². The summed E-state index contributed by atoms with van der Waals surface area (Å²) in [7, 11) is 0. The lowest BCUT2D eigenvalue weighted by molar-refractivity contribution is -0.123. The van der Waals surface area contributed by atoms with E-state index in [4.69, 9.17) is 4.74 Å². The van der Waals surface area contributed by atoms with Crippen molar-refractivity contribution < 1.29 is 13.9 Å². The fraction of sp³-hybridized carbons (Fsp3) is 0.194. The largest absolute Gasteiger partial charge is 0.484 e. The Morgan fingerprint density at radius 2 is 1.61 bits per heavy atom. The van der Waals surface area contributed by atoms with E-state index in [1.807, 2.05) is 18.2 Å². The summed E-state index contributed by atoms with van der Waals surface area (Å²) < 4.78 is 19.0. The van der Waals surface area contributed by atoms with Crippen LogP contribution in [0.4, 0.5) is 4.39 Å². The first-order valence-electron chi connectivity index (χ1n) is 12.3. The summed E-state index contributed by atoms with van der Waals surface area (Å²) in [5, 5.41) is 2.83. The number of rotatable bonds is 8. The zero-order valence-corrected chi connectivity index (χ0v) is 20.1. The van der Waals surface area contributed by atoms with Crippen LogP contribution in [0.2, 0.25) is 0 Å². The molecule has 5 rings (SSSR count). The molecule has 4 nitrogen and oxygen atoms in total. The molecule has 4 aromatic rings. The highest BCUT2D eigenvalue weighted by Gasteiger charge is 2.29. The number of carbonyl (C=O) groups excluding carboxylic acids is 1. The van der Waals surface area contributed by atoms with Crippen LogP contribution in [0.1, 0.15) is 33.9 Å². The van der Waals surface area contributed by atoms with Gasteiger partial charge in [0.25, 0.3) is 5.91 Å². The lowest BCUT2D eigenvalue weighted by Crippen LogP contribution is -2.35. The third-order valence-electron chi connectivity index (χ3n) is 6.56. The van der Waals surface area contributed by atoms with Gasteiger partial charge in [-0.2, -0.15) is 0 Å². The van der Waals surface area contributed by atoms with Gasteiger partial charge in [0.15, 0.2) is 6.61 Å². The SMILES string of the molecule is O=C(COc1ccc2c(c1)[C@@H](c1ccccc1)N(Cc1ccccc1)CC2)NCc1ccc(F)cc1. The second-order valence-corrected chi connectivity index (χ2v) is 9.07. The Morgan fingerprint density at radius 3 is 2.36 bits per heavy atom. The van der Waals surface area contributed by atoms with Crippen molar-refractivity contribution in [2.24, 2.45) is 0 Å². The lowest BCUT2D eigenvalue weighted by Gasteiger charge is -2.38. The van der Waals surface area contributed by atoms with Crippen molar-refractivity contribution in [1.29, 1.82) is 0 Å². The van der Waals surface area contributed by atoms with Crippen molar-refractivity contribution in [3.05, 3.63) is 137 Å². The molecule has 182 valence electrons. The third kappa shape index (κ3) is 5.81. The van der Waals surface area contributed by atoms with Gasteiger partial charge in [-0.1, -0.05) is 78.9 Å². The minimum atomic E-state index is -0.294. The number of hydrogen-bond acceptors (Lipinski definition) is 3. The van der Waals surface area contributed by atoms with Gasteiger partial charge in [0.2, 0.25) is 0 Å². The number of amides is 1. The van der Waals surface area contributed by atoms with Gasteiger partial charge in [-0.05, 0) is 58.5 Å². The standard InChI is InChI=1S/C31H29FN2O2/c32-27-14-11-23(12-15-27)20-33-30(35)22-36-28-16-13-25-17-18-34(21-24-7-3-1-4-8-24)31(29(25)19-28)26-9-5-2-6-10-26/h1-16,19,31H,17-18,20-22H2,(H,33,35)/t31-/m1/s1. The molecule has 1 atom stereocenters. The molecule has 5 heteroatoms. The van der Waals surface area contributed by atoms with Crippen LogP contribution >= 0.6 is 0 Å². The molecular weight excluding hydrogens is 451 g/mol. The lowest BCUT2D eigenvalue weighted by atomic mass is 9.87. The monoisotopic (exact) mass is 480 g/mol. The van der Waals surface area contributed by atoms with E-state index in [2.05, 4.69) is 70.9 Å². The van der Waals surface area contributed by atoms with Crippen LogP contribution in [0.3, 0.4) is 0 Å². The fourth-order valence-electron chi connectivity index (χ4n) is 4.75. The zero-order valence-electron chi connectivity index (χ0n) is 20.1. The van der Waals surface area contributed by atoms with Gasteiger partial charge in [-0.15, -0.1) is 0 Å². The molecule has 0 spiro atoms. The predicted molar refractivity (Wildman–Crippen MR) is 139 cm³/mol. The molecule has 0 radical (unpaired) electrons. The number of ether oxygens (including phenoxy) is 1. The molecule has 0 saturated carbocycles. The Balaban J connectivity index is 1.31. The van der Waals surface area contributed by atoms with Crippen molar-refractivity contribution >= 4 is 5.91 Å². The Bertz CT molecular complexity index is 1290. The van der Waals surface area contributed by atoms with E-state index in [9.17, 15) is 9.18 Å². The second-order valence-electron chi connectivity index (χ2n) is 9.07. The smallest absolute Gasteiger partial charge is 0.258 e. The molecule has 0 unspecified atom stereocenters. The first-order valence-corrected chi connectivity index (χ1v) is 12.3. The highest BCUT2D eigenvalue weighted by Crippen LogP contribution is 2.37. The highest BCUT2D eigenvalue weighted by molar-refractivity contribution is 5.77. The molecule has 1 N–H and O–H groups in total. The molecule has 1 amide bonds. The Morgan fingerprint density at radius 1 is 0.889 bits per heavy atom. The summed E-state index contributed by atoms with van der Waals surface area (Å²) in [5.41, 5.74) is 5.88. The molecule has 0 aromatic heterocycles. The fourth-order valence-corrected chi connectivity index (χ4v) is 4.75. The maximum atomic E-state index is 13.1. The normalized spacial score (nSPS) is 15.2. The second kappa shape index (κ2) is 11.2. The molecule has 1 aliphatic rings. The number of hydrogen-bond donors (Lipinski definition) is 1. The average Bonchev–Trinajstić information content (AvgIpc) is 2.92. The highest BCUT2D eigenvalue weighted by atomic mass is 19.1. The van der Waals surface area contributed by atoms with Gasteiger partial charge < -0.3 is 10.1 Å². The Kier molecular flexibility index (Phi) is 7.39. The number of halogens is 1.